The molecule has 0 aliphatic carbocycles. The van der Waals surface area contributed by atoms with Crippen LogP contribution >= 0.6 is 11.8 Å². The summed E-state index contributed by atoms with van der Waals surface area (Å²) in [5, 5.41) is 2.05. The summed E-state index contributed by atoms with van der Waals surface area (Å²) in [4.78, 5) is 28.1. The molecule has 148 valence electrons. The lowest BCUT2D eigenvalue weighted by Gasteiger charge is -2.18. The van der Waals surface area contributed by atoms with E-state index in [0.29, 0.717) is 18.8 Å². The Hall–Kier alpha value is -2.94. The van der Waals surface area contributed by atoms with Crippen molar-refractivity contribution < 1.29 is 19.1 Å². The van der Waals surface area contributed by atoms with E-state index in [2.05, 4.69) is 10.3 Å². The van der Waals surface area contributed by atoms with Crippen LogP contribution in [0.1, 0.15) is 11.4 Å². The fourth-order valence-corrected chi connectivity index (χ4v) is 4.27. The second-order valence-electron chi connectivity index (χ2n) is 7.13. The van der Waals surface area contributed by atoms with Gasteiger partial charge in [-0.05, 0) is 36.2 Å². The zero-order chi connectivity index (χ0) is 20.6. The summed E-state index contributed by atoms with van der Waals surface area (Å²) >= 11 is 1.04. The molecule has 0 spiro atoms. The third-order valence-corrected chi connectivity index (χ3v) is 6.09. The molecule has 1 aromatic heterocycles. The van der Waals surface area contributed by atoms with Crippen LogP contribution in [0.25, 0.3) is 11.0 Å². The van der Waals surface area contributed by atoms with Crippen molar-refractivity contribution in [3.63, 3.8) is 0 Å². The molecule has 0 bridgehead atoms. The van der Waals surface area contributed by atoms with Gasteiger partial charge in [-0.2, -0.15) is 0 Å². The van der Waals surface area contributed by atoms with Crippen molar-refractivity contribution in [1.29, 1.82) is 0 Å². The molecule has 2 heterocycles. The molecule has 2 aromatic carbocycles. The molecular weight excluding hydrogens is 389 g/mol. The summed E-state index contributed by atoms with van der Waals surface area (Å²) in [6.45, 7) is 0.331. The molecular formula is C20H20BN3O4S. The molecule has 0 radical (unpaired) electrons. The normalized spacial score (nSPS) is 18.8. The first-order valence-electron chi connectivity index (χ1n) is 9.13. The number of imidazole rings is 1. The summed E-state index contributed by atoms with van der Waals surface area (Å²) < 4.78 is 12.4. The van der Waals surface area contributed by atoms with Crippen LogP contribution in [0.5, 0.6) is 11.5 Å². The summed E-state index contributed by atoms with van der Waals surface area (Å²) in [5.41, 5.74) is 2.83. The van der Waals surface area contributed by atoms with E-state index in [1.165, 1.54) is 0 Å². The van der Waals surface area contributed by atoms with E-state index in [0.717, 1.165) is 39.9 Å². The first kappa shape index (κ1) is 19.4. The quantitative estimate of drug-likeness (QED) is 0.628. The number of hydrogen-bond donors (Lipinski definition) is 1. The zero-order valence-electron chi connectivity index (χ0n) is 16.4. The number of carbonyl (C=O) groups is 2. The van der Waals surface area contributed by atoms with Crippen molar-refractivity contribution in [2.45, 2.75) is 17.7 Å². The maximum absolute atomic E-state index is 12.0. The van der Waals surface area contributed by atoms with E-state index in [1.807, 2.05) is 54.1 Å². The Morgan fingerprint density at radius 3 is 2.55 bits per heavy atom. The minimum atomic E-state index is -0.770. The molecule has 0 unspecified atom stereocenters. The van der Waals surface area contributed by atoms with Crippen molar-refractivity contribution in [2.75, 3.05) is 7.11 Å². The highest BCUT2D eigenvalue weighted by Gasteiger charge is 2.43. The third kappa shape index (κ3) is 3.82. The zero-order valence-corrected chi connectivity index (χ0v) is 17.2. The average Bonchev–Trinajstić information content (AvgIpc) is 3.15. The molecule has 1 N–H and O–H groups in total. The lowest BCUT2D eigenvalue weighted by molar-refractivity contribution is -0.119. The van der Waals surface area contributed by atoms with Gasteiger partial charge in [-0.25, -0.2) is 4.98 Å². The highest BCUT2D eigenvalue weighted by Crippen LogP contribution is 2.32. The molecule has 2 amide bonds. The number of imide groups is 1. The Balaban J connectivity index is 1.43. The Morgan fingerprint density at radius 1 is 1.17 bits per heavy atom. The standard InChI is InChI=1S/C20H20BN3O4S/c1-24-16-9-14(27-2)7-8-15(16)22-17(24)11-28-13-5-3-12(4-6-13)10-20(21)18(25)23-19(26)29-20/h3-9H,10-11,21H2,1-2H3,(H,23,25,26)/t20-/m1/s1. The van der Waals surface area contributed by atoms with Gasteiger partial charge in [-0.1, -0.05) is 23.9 Å². The van der Waals surface area contributed by atoms with Gasteiger partial charge in [0.05, 0.1) is 22.8 Å². The summed E-state index contributed by atoms with van der Waals surface area (Å²) in [7, 11) is 5.37. The van der Waals surface area contributed by atoms with Crippen molar-refractivity contribution >= 4 is 41.8 Å². The van der Waals surface area contributed by atoms with Gasteiger partial charge < -0.3 is 14.0 Å². The van der Waals surface area contributed by atoms with Crippen LogP contribution in [-0.2, 0) is 24.9 Å². The number of aryl methyl sites for hydroxylation is 1. The summed E-state index contributed by atoms with van der Waals surface area (Å²) in [6.07, 6.45) is 0.474. The Bertz CT molecular complexity index is 1100. The van der Waals surface area contributed by atoms with Crippen molar-refractivity contribution in [3.8, 4) is 11.5 Å². The van der Waals surface area contributed by atoms with E-state index in [4.69, 9.17) is 9.47 Å². The number of nitrogens with one attached hydrogen (secondary N) is 1. The molecule has 1 fully saturated rings. The molecule has 1 aliphatic rings. The van der Waals surface area contributed by atoms with E-state index in [1.54, 1.807) is 15.0 Å². The number of benzene rings is 2. The minimum absolute atomic E-state index is 0.244. The van der Waals surface area contributed by atoms with Crippen LogP contribution in [-0.4, -0.2) is 40.3 Å². The number of aromatic nitrogens is 2. The van der Waals surface area contributed by atoms with Gasteiger partial charge in [0.1, 0.15) is 31.8 Å². The van der Waals surface area contributed by atoms with E-state index in [-0.39, 0.29) is 11.1 Å². The number of amides is 2. The minimum Gasteiger partial charge on any atom is -0.497 e. The number of rotatable bonds is 6. The second-order valence-corrected chi connectivity index (χ2v) is 8.60. The maximum Gasteiger partial charge on any atom is 0.285 e. The summed E-state index contributed by atoms with van der Waals surface area (Å²) in [5.74, 6) is 2.06. The molecule has 3 aromatic rings. The molecule has 9 heteroatoms. The Kier molecular flexibility index (Phi) is 5.00. The number of thioether (sulfide) groups is 1. The largest absolute Gasteiger partial charge is 0.497 e. The predicted octanol–water partition coefficient (Wildman–Crippen LogP) is 2.02. The fraction of sp³-hybridized carbons (Fsp3) is 0.250. The van der Waals surface area contributed by atoms with Gasteiger partial charge in [0, 0.05) is 13.1 Å². The number of ether oxygens (including phenoxy) is 2. The third-order valence-electron chi connectivity index (χ3n) is 5.03. The topological polar surface area (TPSA) is 82.4 Å². The molecule has 29 heavy (non-hydrogen) atoms. The summed E-state index contributed by atoms with van der Waals surface area (Å²) in [6, 6.07) is 13.3. The lowest BCUT2D eigenvalue weighted by Crippen LogP contribution is -2.38. The fourth-order valence-electron chi connectivity index (χ4n) is 3.33. The maximum atomic E-state index is 12.0. The van der Waals surface area contributed by atoms with Crippen LogP contribution in [0.15, 0.2) is 42.5 Å². The SMILES string of the molecule is B[C@]1(Cc2ccc(OCc3nc4ccc(OC)cc4n3C)cc2)SC(=O)NC1=O. The highest BCUT2D eigenvalue weighted by molar-refractivity contribution is 8.17. The van der Waals surface area contributed by atoms with Crippen LogP contribution < -0.4 is 14.8 Å². The number of carbonyl (C=O) groups excluding carboxylic acids is 2. The first-order valence-corrected chi connectivity index (χ1v) is 9.95. The van der Waals surface area contributed by atoms with E-state index >= 15 is 0 Å². The number of hydrogen-bond acceptors (Lipinski definition) is 6. The Morgan fingerprint density at radius 2 is 1.90 bits per heavy atom. The van der Waals surface area contributed by atoms with Crippen LogP contribution in [0.4, 0.5) is 4.79 Å². The van der Waals surface area contributed by atoms with Crippen LogP contribution in [0, 0.1) is 0 Å². The number of nitrogens with zero attached hydrogens (tertiary/aromatic N) is 2. The predicted molar refractivity (Wildman–Crippen MR) is 114 cm³/mol. The molecule has 1 aliphatic heterocycles. The van der Waals surface area contributed by atoms with Gasteiger partial charge in [-0.3, -0.25) is 14.9 Å². The number of fused-ring (bicyclic) bond motifs is 1. The van der Waals surface area contributed by atoms with Gasteiger partial charge >= 0.3 is 0 Å². The van der Waals surface area contributed by atoms with Gasteiger partial charge in [0.25, 0.3) is 5.24 Å². The van der Waals surface area contributed by atoms with Crippen molar-refractivity contribution in [3.05, 3.63) is 53.9 Å². The Labute approximate surface area is 173 Å². The van der Waals surface area contributed by atoms with Crippen molar-refractivity contribution in [1.82, 2.24) is 14.9 Å². The number of methoxy groups -OCH3 is 1. The van der Waals surface area contributed by atoms with Crippen LogP contribution in [0.2, 0.25) is 0 Å². The molecule has 1 atom stereocenters. The first-order chi connectivity index (χ1) is 13.9. The monoisotopic (exact) mass is 409 g/mol. The van der Waals surface area contributed by atoms with E-state index in [9.17, 15) is 9.59 Å². The average molecular weight is 409 g/mol. The molecule has 7 nitrogen and oxygen atoms in total. The van der Waals surface area contributed by atoms with Crippen LogP contribution in [0.3, 0.4) is 0 Å². The molecule has 1 saturated heterocycles. The molecule has 4 rings (SSSR count). The molecule has 0 saturated carbocycles. The lowest BCUT2D eigenvalue weighted by atomic mass is 9.80. The second kappa shape index (κ2) is 7.48. The van der Waals surface area contributed by atoms with Gasteiger partial charge in [0.15, 0.2) is 0 Å². The van der Waals surface area contributed by atoms with Gasteiger partial charge in [0.2, 0.25) is 5.91 Å². The smallest absolute Gasteiger partial charge is 0.285 e. The van der Waals surface area contributed by atoms with Crippen molar-refractivity contribution in [2.24, 2.45) is 7.05 Å². The highest BCUT2D eigenvalue weighted by atomic mass is 32.2. The van der Waals surface area contributed by atoms with E-state index < -0.39 is 4.65 Å². The van der Waals surface area contributed by atoms with Gasteiger partial charge in [-0.15, -0.1) is 0 Å².